The third-order valence-electron chi connectivity index (χ3n) is 5.13. The molecule has 0 radical (unpaired) electrons. The molecule has 0 bridgehead atoms. The van der Waals surface area contributed by atoms with Crippen LogP contribution in [0.1, 0.15) is 38.5 Å². The van der Waals surface area contributed by atoms with Crippen LogP contribution in [0, 0.1) is 5.92 Å². The molecule has 1 saturated carbocycles. The van der Waals surface area contributed by atoms with Crippen LogP contribution in [-0.2, 0) is 11.3 Å². The van der Waals surface area contributed by atoms with Crippen molar-refractivity contribution in [2.45, 2.75) is 51.1 Å². The summed E-state index contributed by atoms with van der Waals surface area (Å²) < 4.78 is 1.50. The van der Waals surface area contributed by atoms with Crippen molar-refractivity contribution >= 4 is 16.8 Å². The Morgan fingerprint density at radius 3 is 2.80 bits per heavy atom. The average molecular weight is 342 g/mol. The highest BCUT2D eigenvalue weighted by molar-refractivity contribution is 5.77. The third-order valence-corrected chi connectivity index (χ3v) is 5.13. The summed E-state index contributed by atoms with van der Waals surface area (Å²) >= 11 is 0. The van der Waals surface area contributed by atoms with E-state index >= 15 is 0 Å². The maximum absolute atomic E-state index is 12.4. The highest BCUT2D eigenvalue weighted by Crippen LogP contribution is 2.26. The van der Waals surface area contributed by atoms with Crippen molar-refractivity contribution in [3.8, 4) is 0 Å². The van der Waals surface area contributed by atoms with Crippen LogP contribution in [-0.4, -0.2) is 28.0 Å². The number of benzene rings is 1. The quantitative estimate of drug-likeness (QED) is 0.838. The fraction of sp³-hybridized carbons (Fsp3) is 0.526. The van der Waals surface area contributed by atoms with Crippen LogP contribution >= 0.6 is 0 Å². The number of carbonyl (C=O) groups is 1. The monoisotopic (exact) mass is 342 g/mol. The van der Waals surface area contributed by atoms with E-state index < -0.39 is 0 Å². The highest BCUT2D eigenvalue weighted by Gasteiger charge is 2.23. The molecule has 0 saturated heterocycles. The van der Waals surface area contributed by atoms with Gasteiger partial charge in [-0.15, -0.1) is 0 Å². The third kappa shape index (κ3) is 4.25. The van der Waals surface area contributed by atoms with E-state index in [4.69, 9.17) is 5.73 Å². The van der Waals surface area contributed by atoms with Crippen LogP contribution in [0.15, 0.2) is 35.4 Å². The number of amides is 1. The van der Waals surface area contributed by atoms with Crippen LogP contribution in [0.5, 0.6) is 0 Å². The van der Waals surface area contributed by atoms with Crippen LogP contribution in [0.2, 0.25) is 0 Å². The van der Waals surface area contributed by atoms with Crippen molar-refractivity contribution in [1.29, 1.82) is 0 Å². The van der Waals surface area contributed by atoms with E-state index in [1.165, 1.54) is 30.2 Å². The van der Waals surface area contributed by atoms with Crippen LogP contribution in [0.3, 0.4) is 0 Å². The minimum atomic E-state index is -0.110. The van der Waals surface area contributed by atoms with E-state index in [0.717, 1.165) is 12.8 Å². The summed E-state index contributed by atoms with van der Waals surface area (Å²) in [7, 11) is 0. The van der Waals surface area contributed by atoms with Gasteiger partial charge in [0.25, 0.3) is 5.56 Å². The van der Waals surface area contributed by atoms with Gasteiger partial charge in [0.05, 0.1) is 17.2 Å². The number of rotatable bonds is 6. The van der Waals surface area contributed by atoms with E-state index in [-0.39, 0.29) is 23.9 Å². The molecule has 1 fully saturated rings. The molecule has 1 aliphatic rings. The molecule has 0 aliphatic heterocycles. The molecule has 1 aromatic heterocycles. The second-order valence-electron chi connectivity index (χ2n) is 6.82. The standard InChI is InChI=1S/C19H26N4O2/c20-12-17(14-6-2-1-3-7-14)22-18(24)10-11-23-13-21-16-9-5-4-8-15(16)19(23)25/h4-5,8-9,13-14,17H,1-3,6-7,10-12,20H2,(H,22,24). The Bertz CT molecular complexity index is 780. The molecule has 2 aromatic rings. The Morgan fingerprint density at radius 2 is 2.04 bits per heavy atom. The SMILES string of the molecule is NCC(NC(=O)CCn1cnc2ccccc2c1=O)C1CCCCC1. The zero-order chi connectivity index (χ0) is 17.6. The number of nitrogens with one attached hydrogen (secondary N) is 1. The first-order chi connectivity index (χ1) is 12.2. The molecule has 3 N–H and O–H groups in total. The predicted octanol–water partition coefficient (Wildman–Crippen LogP) is 1.81. The molecule has 0 spiro atoms. The number of nitrogens with zero attached hydrogens (tertiary/aromatic N) is 2. The van der Waals surface area contributed by atoms with Gasteiger partial charge in [0.2, 0.25) is 5.91 Å². The van der Waals surface area contributed by atoms with Gasteiger partial charge in [-0.1, -0.05) is 31.4 Å². The smallest absolute Gasteiger partial charge is 0.261 e. The van der Waals surface area contributed by atoms with E-state index in [0.29, 0.717) is 29.9 Å². The summed E-state index contributed by atoms with van der Waals surface area (Å²) in [6.07, 6.45) is 7.75. The van der Waals surface area contributed by atoms with Crippen LogP contribution < -0.4 is 16.6 Å². The van der Waals surface area contributed by atoms with Gasteiger partial charge in [-0.25, -0.2) is 4.98 Å². The Kier molecular flexibility index (Phi) is 5.81. The predicted molar refractivity (Wildman–Crippen MR) is 98.2 cm³/mol. The van der Waals surface area contributed by atoms with Gasteiger partial charge in [-0.05, 0) is 30.9 Å². The van der Waals surface area contributed by atoms with Crippen LogP contribution in [0.25, 0.3) is 10.9 Å². The van der Waals surface area contributed by atoms with E-state index in [9.17, 15) is 9.59 Å². The Hall–Kier alpha value is -2.21. The molecular weight excluding hydrogens is 316 g/mol. The molecule has 134 valence electrons. The fourth-order valence-corrected chi connectivity index (χ4v) is 3.67. The maximum Gasteiger partial charge on any atom is 0.261 e. The number of nitrogens with two attached hydrogens (primary N) is 1. The fourth-order valence-electron chi connectivity index (χ4n) is 3.67. The summed E-state index contributed by atoms with van der Waals surface area (Å²) in [5.41, 5.74) is 6.43. The number of fused-ring (bicyclic) bond motifs is 1. The first-order valence-electron chi connectivity index (χ1n) is 9.12. The number of para-hydroxylation sites is 1. The summed E-state index contributed by atoms with van der Waals surface area (Å²) in [5, 5.41) is 3.64. The molecule has 1 aromatic carbocycles. The molecule has 25 heavy (non-hydrogen) atoms. The van der Waals surface area contributed by atoms with Gasteiger partial charge in [-0.2, -0.15) is 0 Å². The molecule has 1 unspecified atom stereocenters. The Morgan fingerprint density at radius 1 is 1.28 bits per heavy atom. The Balaban J connectivity index is 1.60. The van der Waals surface area contributed by atoms with Crippen molar-refractivity contribution in [2.75, 3.05) is 6.54 Å². The normalized spacial score (nSPS) is 16.7. The molecular formula is C19H26N4O2. The molecule has 1 atom stereocenters. The Labute approximate surface area is 147 Å². The lowest BCUT2D eigenvalue weighted by atomic mass is 9.84. The van der Waals surface area contributed by atoms with E-state index in [1.54, 1.807) is 6.07 Å². The summed E-state index contributed by atoms with van der Waals surface area (Å²) in [6.45, 7) is 0.790. The highest BCUT2D eigenvalue weighted by atomic mass is 16.2. The van der Waals surface area contributed by atoms with Gasteiger partial charge in [0.1, 0.15) is 0 Å². The molecule has 1 amide bonds. The average Bonchev–Trinajstić information content (AvgIpc) is 2.66. The number of hydrogen-bond donors (Lipinski definition) is 2. The van der Waals surface area contributed by atoms with Crippen molar-refractivity contribution in [2.24, 2.45) is 11.7 Å². The van der Waals surface area contributed by atoms with Crippen molar-refractivity contribution in [1.82, 2.24) is 14.9 Å². The summed E-state index contributed by atoms with van der Waals surface area (Å²) in [6, 6.07) is 7.28. The number of aryl methyl sites for hydroxylation is 1. The first kappa shape index (κ1) is 17.6. The summed E-state index contributed by atoms with van der Waals surface area (Å²) in [4.78, 5) is 29.0. The van der Waals surface area contributed by atoms with Crippen molar-refractivity contribution in [3.05, 3.63) is 40.9 Å². The van der Waals surface area contributed by atoms with E-state index in [1.807, 2.05) is 18.2 Å². The van der Waals surface area contributed by atoms with Gasteiger partial charge >= 0.3 is 0 Å². The van der Waals surface area contributed by atoms with Crippen LogP contribution in [0.4, 0.5) is 0 Å². The topological polar surface area (TPSA) is 90.0 Å². The molecule has 1 aliphatic carbocycles. The van der Waals surface area contributed by atoms with Gasteiger partial charge < -0.3 is 11.1 Å². The van der Waals surface area contributed by atoms with Gasteiger partial charge in [0.15, 0.2) is 0 Å². The number of hydrogen-bond acceptors (Lipinski definition) is 4. The molecule has 6 heteroatoms. The maximum atomic E-state index is 12.4. The largest absolute Gasteiger partial charge is 0.352 e. The number of aromatic nitrogens is 2. The molecule has 3 rings (SSSR count). The lowest BCUT2D eigenvalue weighted by Crippen LogP contribution is -2.46. The minimum absolute atomic E-state index is 0.0410. The molecule has 6 nitrogen and oxygen atoms in total. The molecule has 1 heterocycles. The zero-order valence-corrected chi connectivity index (χ0v) is 14.5. The van der Waals surface area contributed by atoms with Crippen molar-refractivity contribution < 1.29 is 4.79 Å². The minimum Gasteiger partial charge on any atom is -0.352 e. The first-order valence-corrected chi connectivity index (χ1v) is 9.12. The number of carbonyl (C=O) groups excluding carboxylic acids is 1. The zero-order valence-electron chi connectivity index (χ0n) is 14.5. The lowest BCUT2D eigenvalue weighted by molar-refractivity contribution is -0.122. The van der Waals surface area contributed by atoms with Gasteiger partial charge in [0, 0.05) is 25.6 Å². The van der Waals surface area contributed by atoms with E-state index in [2.05, 4.69) is 10.3 Å². The van der Waals surface area contributed by atoms with Crippen molar-refractivity contribution in [3.63, 3.8) is 0 Å². The lowest BCUT2D eigenvalue weighted by Gasteiger charge is -2.30. The van der Waals surface area contributed by atoms with Gasteiger partial charge in [-0.3, -0.25) is 14.2 Å². The summed E-state index contributed by atoms with van der Waals surface area (Å²) in [5.74, 6) is 0.425. The second-order valence-corrected chi connectivity index (χ2v) is 6.82. The second kappa shape index (κ2) is 8.25.